The van der Waals surface area contributed by atoms with Gasteiger partial charge in [-0.1, -0.05) is 12.1 Å². The van der Waals surface area contributed by atoms with Crippen molar-refractivity contribution >= 4 is 56.3 Å². The van der Waals surface area contributed by atoms with Crippen LogP contribution in [-0.4, -0.2) is 33.6 Å². The first-order valence-corrected chi connectivity index (χ1v) is 13.3. The van der Waals surface area contributed by atoms with Crippen LogP contribution < -0.4 is 4.90 Å². The third kappa shape index (κ3) is 4.17. The molecule has 3 amide bonds. The highest BCUT2D eigenvalue weighted by Crippen LogP contribution is 2.36. The summed E-state index contributed by atoms with van der Waals surface area (Å²) in [5, 5.41) is 2.85. The third-order valence-corrected chi connectivity index (χ3v) is 8.46. The highest BCUT2D eigenvalue weighted by Gasteiger charge is 2.46. The largest absolute Gasteiger partial charge is 0.325 e. The molecule has 2 fully saturated rings. The van der Waals surface area contributed by atoms with Gasteiger partial charge in [-0.15, -0.1) is 22.7 Å². The summed E-state index contributed by atoms with van der Waals surface area (Å²) in [6.07, 6.45) is 1.72. The summed E-state index contributed by atoms with van der Waals surface area (Å²) < 4.78 is 1.13. The molecule has 2 aromatic carbocycles. The van der Waals surface area contributed by atoms with Gasteiger partial charge in [0, 0.05) is 16.4 Å². The molecule has 2 aliphatic rings. The highest BCUT2D eigenvalue weighted by molar-refractivity contribution is 7.21. The number of fused-ring (bicyclic) bond motifs is 1. The molecule has 2 aromatic heterocycles. The van der Waals surface area contributed by atoms with Gasteiger partial charge in [0.2, 0.25) is 11.8 Å². The van der Waals surface area contributed by atoms with Gasteiger partial charge in [0.25, 0.3) is 5.91 Å². The average molecular weight is 502 g/mol. The number of thiazole rings is 1. The minimum atomic E-state index is -0.759. The van der Waals surface area contributed by atoms with Crippen LogP contribution in [0.4, 0.5) is 5.69 Å². The van der Waals surface area contributed by atoms with E-state index in [1.54, 1.807) is 39.7 Å². The Morgan fingerprint density at radius 2 is 1.91 bits per heavy atom. The second kappa shape index (κ2) is 8.70. The van der Waals surface area contributed by atoms with Crippen molar-refractivity contribution in [3.05, 3.63) is 70.4 Å². The number of carbonyl (C=O) groups excluding carboxylic acids is 3. The molecule has 1 aliphatic heterocycles. The molecule has 1 saturated carbocycles. The van der Waals surface area contributed by atoms with Crippen LogP contribution in [0, 0.1) is 12.8 Å². The molecule has 1 saturated heterocycles. The second-order valence-corrected chi connectivity index (χ2v) is 11.2. The van der Waals surface area contributed by atoms with Gasteiger partial charge in [-0.25, -0.2) is 9.88 Å². The summed E-state index contributed by atoms with van der Waals surface area (Å²) in [5.41, 5.74) is 3.61. The number of aryl methyl sites for hydroxylation is 1. The van der Waals surface area contributed by atoms with Crippen molar-refractivity contribution < 1.29 is 14.4 Å². The Morgan fingerprint density at radius 1 is 1.11 bits per heavy atom. The van der Waals surface area contributed by atoms with Gasteiger partial charge in [0.1, 0.15) is 11.0 Å². The van der Waals surface area contributed by atoms with E-state index < -0.39 is 6.04 Å². The summed E-state index contributed by atoms with van der Waals surface area (Å²) in [5.74, 6) is -0.650. The van der Waals surface area contributed by atoms with Crippen LogP contribution in [0.25, 0.3) is 20.8 Å². The molecule has 3 heterocycles. The van der Waals surface area contributed by atoms with E-state index in [2.05, 4.69) is 13.0 Å². The van der Waals surface area contributed by atoms with Crippen LogP contribution in [0.15, 0.2) is 60.0 Å². The highest BCUT2D eigenvalue weighted by atomic mass is 32.1. The molecule has 4 aromatic rings. The zero-order valence-electron chi connectivity index (χ0n) is 19.1. The van der Waals surface area contributed by atoms with Crippen LogP contribution >= 0.6 is 22.7 Å². The number of hydrogen-bond donors (Lipinski definition) is 0. The Hall–Kier alpha value is -3.36. The number of aromatic nitrogens is 1. The van der Waals surface area contributed by atoms with Crippen molar-refractivity contribution in [2.75, 3.05) is 4.90 Å². The topological polar surface area (TPSA) is 70.6 Å². The first-order chi connectivity index (χ1) is 17.0. The Labute approximate surface area is 210 Å². The minimum absolute atomic E-state index is 0.0155. The molecule has 35 heavy (non-hydrogen) atoms. The summed E-state index contributed by atoms with van der Waals surface area (Å²) >= 11 is 3.17. The Morgan fingerprint density at radius 3 is 2.63 bits per heavy atom. The van der Waals surface area contributed by atoms with Crippen molar-refractivity contribution in [2.24, 2.45) is 5.92 Å². The van der Waals surface area contributed by atoms with E-state index in [9.17, 15) is 14.4 Å². The van der Waals surface area contributed by atoms with Crippen molar-refractivity contribution in [2.45, 2.75) is 38.8 Å². The zero-order chi connectivity index (χ0) is 24.1. The molecule has 0 radical (unpaired) electrons. The number of anilines is 1. The van der Waals surface area contributed by atoms with Crippen LogP contribution in [0.1, 0.15) is 29.7 Å². The number of nitrogens with zero attached hydrogens (tertiary/aromatic N) is 3. The lowest BCUT2D eigenvalue weighted by Crippen LogP contribution is -2.45. The van der Waals surface area contributed by atoms with E-state index in [0.717, 1.165) is 38.5 Å². The molecule has 176 valence electrons. The molecule has 6 rings (SSSR count). The molecule has 0 bridgehead atoms. The number of benzene rings is 2. The molecule has 0 spiro atoms. The van der Waals surface area contributed by atoms with Crippen LogP contribution in [-0.2, 0) is 20.9 Å². The molecular formula is C27H23N3O3S2. The van der Waals surface area contributed by atoms with Crippen molar-refractivity contribution in [1.29, 1.82) is 0 Å². The van der Waals surface area contributed by atoms with Gasteiger partial charge in [-0.2, -0.15) is 0 Å². The van der Waals surface area contributed by atoms with E-state index >= 15 is 0 Å². The lowest BCUT2D eigenvalue weighted by Gasteiger charge is -2.27. The monoisotopic (exact) mass is 501 g/mol. The molecule has 0 N–H and O–H groups in total. The Kier molecular flexibility index (Phi) is 5.50. The standard InChI is InChI=1S/C27H23N3O3S2/c1-16-4-11-21-23(13-16)35-25(28-21)17-7-9-19(10-8-17)30-24(31)14-22(27(30)33)29(26(32)18-5-6-18)15-20-3-2-12-34-20/h2-4,7-13,18,22H,5-6,14-15H2,1H3. The predicted octanol–water partition coefficient (Wildman–Crippen LogP) is 5.40. The van der Waals surface area contributed by atoms with Gasteiger partial charge < -0.3 is 4.90 Å². The van der Waals surface area contributed by atoms with Crippen LogP contribution in [0.2, 0.25) is 0 Å². The fraction of sp³-hybridized carbons (Fsp3) is 0.259. The lowest BCUT2D eigenvalue weighted by atomic mass is 10.1. The van der Waals surface area contributed by atoms with Gasteiger partial charge in [0.15, 0.2) is 0 Å². The fourth-order valence-corrected chi connectivity index (χ4v) is 6.29. The SMILES string of the molecule is Cc1ccc2nc(-c3ccc(N4C(=O)CC(N(Cc5cccs5)C(=O)C5CC5)C4=O)cc3)sc2c1. The van der Waals surface area contributed by atoms with E-state index in [0.29, 0.717) is 12.2 Å². The van der Waals surface area contributed by atoms with Crippen LogP contribution in [0.5, 0.6) is 0 Å². The molecule has 8 heteroatoms. The number of imide groups is 1. The Bertz CT molecular complexity index is 1440. The number of amides is 3. The summed E-state index contributed by atoms with van der Waals surface area (Å²) in [4.78, 5) is 48.1. The summed E-state index contributed by atoms with van der Waals surface area (Å²) in [6, 6.07) is 16.7. The maximum atomic E-state index is 13.4. The third-order valence-electron chi connectivity index (χ3n) is 6.53. The predicted molar refractivity (Wildman–Crippen MR) is 138 cm³/mol. The maximum absolute atomic E-state index is 13.4. The number of carbonyl (C=O) groups is 3. The summed E-state index contributed by atoms with van der Waals surface area (Å²) in [7, 11) is 0. The second-order valence-electron chi connectivity index (χ2n) is 9.14. The van der Waals surface area contributed by atoms with Crippen LogP contribution in [0.3, 0.4) is 0 Å². The van der Waals surface area contributed by atoms with E-state index in [4.69, 9.17) is 4.98 Å². The van der Waals surface area contributed by atoms with E-state index in [1.165, 1.54) is 10.5 Å². The van der Waals surface area contributed by atoms with Gasteiger partial charge in [-0.05, 0) is 73.2 Å². The fourth-order valence-electron chi connectivity index (χ4n) is 4.52. The van der Waals surface area contributed by atoms with E-state index in [1.807, 2.05) is 41.8 Å². The molecule has 1 atom stereocenters. The average Bonchev–Trinajstić information content (AvgIpc) is 3.28. The van der Waals surface area contributed by atoms with E-state index in [-0.39, 0.29) is 30.1 Å². The van der Waals surface area contributed by atoms with Crippen molar-refractivity contribution in [1.82, 2.24) is 9.88 Å². The van der Waals surface area contributed by atoms with Gasteiger partial charge >= 0.3 is 0 Å². The normalized spacial score (nSPS) is 18.0. The minimum Gasteiger partial charge on any atom is -0.325 e. The first-order valence-electron chi connectivity index (χ1n) is 11.7. The first kappa shape index (κ1) is 22.1. The smallest absolute Gasteiger partial charge is 0.257 e. The number of thiophene rings is 1. The molecule has 1 aliphatic carbocycles. The van der Waals surface area contributed by atoms with Gasteiger partial charge in [0.05, 0.1) is 28.9 Å². The lowest BCUT2D eigenvalue weighted by molar-refractivity contribution is -0.140. The van der Waals surface area contributed by atoms with Crippen molar-refractivity contribution in [3.63, 3.8) is 0 Å². The Balaban J connectivity index is 1.25. The molecule has 1 unspecified atom stereocenters. The zero-order valence-corrected chi connectivity index (χ0v) is 20.8. The molecule has 6 nitrogen and oxygen atoms in total. The van der Waals surface area contributed by atoms with Crippen molar-refractivity contribution in [3.8, 4) is 10.6 Å². The quantitative estimate of drug-likeness (QED) is 0.332. The molecular weight excluding hydrogens is 478 g/mol. The maximum Gasteiger partial charge on any atom is 0.257 e. The summed E-state index contributed by atoms with van der Waals surface area (Å²) in [6.45, 7) is 2.42. The number of rotatable bonds is 6. The van der Waals surface area contributed by atoms with Gasteiger partial charge in [-0.3, -0.25) is 14.4 Å². The number of hydrogen-bond acceptors (Lipinski definition) is 6.